The van der Waals surface area contributed by atoms with Crippen LogP contribution in [0.15, 0.2) is 30.3 Å². The smallest absolute Gasteiger partial charge is 0.303 e. The third-order valence-corrected chi connectivity index (χ3v) is 3.43. The van der Waals surface area contributed by atoms with E-state index in [0.717, 1.165) is 19.5 Å². The molecule has 3 heteroatoms. The van der Waals surface area contributed by atoms with Crippen molar-refractivity contribution in [1.29, 1.82) is 0 Å². The highest BCUT2D eigenvalue weighted by molar-refractivity contribution is 5.66. The van der Waals surface area contributed by atoms with Gasteiger partial charge in [0.2, 0.25) is 0 Å². The van der Waals surface area contributed by atoms with Gasteiger partial charge in [-0.25, -0.2) is 0 Å². The van der Waals surface area contributed by atoms with Gasteiger partial charge >= 0.3 is 5.97 Å². The summed E-state index contributed by atoms with van der Waals surface area (Å²) in [6.07, 6.45) is 1.01. The van der Waals surface area contributed by atoms with Crippen LogP contribution >= 0.6 is 0 Å². The van der Waals surface area contributed by atoms with Crippen LogP contribution in [0.4, 0.5) is 0 Å². The van der Waals surface area contributed by atoms with Gasteiger partial charge in [0.25, 0.3) is 0 Å². The quantitative estimate of drug-likeness (QED) is 0.849. The van der Waals surface area contributed by atoms with Gasteiger partial charge in [-0.1, -0.05) is 37.3 Å². The number of aliphatic carboxylic acids is 1. The molecule has 0 bridgehead atoms. The molecule has 0 saturated carbocycles. The van der Waals surface area contributed by atoms with Crippen LogP contribution in [0.1, 0.15) is 31.4 Å². The number of nitrogens with zero attached hydrogens (tertiary/aromatic N) is 1. The van der Waals surface area contributed by atoms with E-state index in [9.17, 15) is 4.79 Å². The molecule has 17 heavy (non-hydrogen) atoms. The van der Waals surface area contributed by atoms with Crippen LogP contribution in [0.25, 0.3) is 0 Å². The molecule has 0 radical (unpaired) electrons. The summed E-state index contributed by atoms with van der Waals surface area (Å²) in [4.78, 5) is 12.9. The zero-order chi connectivity index (χ0) is 12.3. The summed E-state index contributed by atoms with van der Waals surface area (Å²) >= 11 is 0. The highest BCUT2D eigenvalue weighted by Crippen LogP contribution is 2.38. The molecule has 1 aromatic carbocycles. The van der Waals surface area contributed by atoms with E-state index in [1.54, 1.807) is 0 Å². The van der Waals surface area contributed by atoms with Crippen LogP contribution in [-0.4, -0.2) is 29.1 Å². The minimum absolute atomic E-state index is 0.270. The monoisotopic (exact) mass is 233 g/mol. The van der Waals surface area contributed by atoms with E-state index in [0.29, 0.717) is 12.0 Å². The van der Waals surface area contributed by atoms with Crippen molar-refractivity contribution < 1.29 is 9.90 Å². The van der Waals surface area contributed by atoms with Crippen molar-refractivity contribution in [2.45, 2.75) is 25.8 Å². The molecule has 0 aliphatic carbocycles. The molecule has 1 heterocycles. The van der Waals surface area contributed by atoms with Gasteiger partial charge in [-0.2, -0.15) is 0 Å². The molecule has 1 aliphatic heterocycles. The van der Waals surface area contributed by atoms with Gasteiger partial charge in [0.15, 0.2) is 0 Å². The van der Waals surface area contributed by atoms with Gasteiger partial charge in [0.1, 0.15) is 0 Å². The lowest BCUT2D eigenvalue weighted by molar-refractivity contribution is -0.137. The topological polar surface area (TPSA) is 40.5 Å². The van der Waals surface area contributed by atoms with Crippen molar-refractivity contribution in [3.63, 3.8) is 0 Å². The molecule has 2 atom stereocenters. The molecular formula is C14H19NO2. The maximum atomic E-state index is 10.5. The molecule has 0 amide bonds. The van der Waals surface area contributed by atoms with E-state index < -0.39 is 5.97 Å². The number of rotatable bonds is 5. The van der Waals surface area contributed by atoms with Crippen molar-refractivity contribution in [2.24, 2.45) is 5.92 Å². The Labute approximate surface area is 102 Å². The van der Waals surface area contributed by atoms with Crippen LogP contribution in [-0.2, 0) is 4.79 Å². The fourth-order valence-electron chi connectivity index (χ4n) is 2.66. The summed E-state index contributed by atoms with van der Waals surface area (Å²) in [5.41, 5.74) is 1.35. The largest absolute Gasteiger partial charge is 0.481 e. The van der Waals surface area contributed by atoms with Crippen LogP contribution in [0.2, 0.25) is 0 Å². The fraction of sp³-hybridized carbons (Fsp3) is 0.500. The predicted molar refractivity (Wildman–Crippen MR) is 66.8 cm³/mol. The molecule has 0 spiro atoms. The number of likely N-dealkylation sites (tertiary alicyclic amines) is 1. The number of hydrogen-bond donors (Lipinski definition) is 1. The molecule has 0 unspecified atom stereocenters. The summed E-state index contributed by atoms with van der Waals surface area (Å²) in [5.74, 6) is -0.0305. The average Bonchev–Trinajstić information content (AvgIpc) is 2.28. The minimum Gasteiger partial charge on any atom is -0.481 e. The molecule has 1 aromatic rings. The zero-order valence-corrected chi connectivity index (χ0v) is 10.2. The van der Waals surface area contributed by atoms with Gasteiger partial charge in [0.05, 0.1) is 0 Å². The molecule has 1 fully saturated rings. The minimum atomic E-state index is -0.699. The van der Waals surface area contributed by atoms with Crippen molar-refractivity contribution in [1.82, 2.24) is 4.90 Å². The van der Waals surface area contributed by atoms with Crippen molar-refractivity contribution in [2.75, 3.05) is 13.1 Å². The average molecular weight is 233 g/mol. The second-order valence-electron chi connectivity index (χ2n) is 4.83. The van der Waals surface area contributed by atoms with Crippen LogP contribution in [0, 0.1) is 5.92 Å². The first-order valence-corrected chi connectivity index (χ1v) is 6.19. The molecule has 3 nitrogen and oxygen atoms in total. The fourth-order valence-corrected chi connectivity index (χ4v) is 2.66. The summed E-state index contributed by atoms with van der Waals surface area (Å²) in [6.45, 7) is 4.22. The van der Waals surface area contributed by atoms with E-state index in [1.165, 1.54) is 5.56 Å². The van der Waals surface area contributed by atoms with Gasteiger partial charge < -0.3 is 5.11 Å². The number of carboxylic acid groups (broad SMARTS) is 1. The number of carboxylic acids is 1. The van der Waals surface area contributed by atoms with Gasteiger partial charge in [0, 0.05) is 19.0 Å². The summed E-state index contributed by atoms with van der Waals surface area (Å²) < 4.78 is 0. The molecule has 1 N–H and O–H groups in total. The Hall–Kier alpha value is -1.35. The van der Waals surface area contributed by atoms with Gasteiger partial charge in [-0.3, -0.25) is 9.69 Å². The molecule has 2 rings (SSSR count). The third-order valence-electron chi connectivity index (χ3n) is 3.43. The second kappa shape index (κ2) is 5.32. The highest BCUT2D eigenvalue weighted by atomic mass is 16.4. The van der Waals surface area contributed by atoms with Crippen molar-refractivity contribution in [3.05, 3.63) is 35.9 Å². The first-order chi connectivity index (χ1) is 8.18. The predicted octanol–water partition coefficient (Wildman–Crippen LogP) is 2.54. The second-order valence-corrected chi connectivity index (χ2v) is 4.83. The third kappa shape index (κ3) is 2.86. The van der Waals surface area contributed by atoms with E-state index >= 15 is 0 Å². The lowest BCUT2D eigenvalue weighted by atomic mass is 9.84. The van der Waals surface area contributed by atoms with Crippen molar-refractivity contribution >= 4 is 5.97 Å². The summed E-state index contributed by atoms with van der Waals surface area (Å²) in [5, 5.41) is 8.63. The first kappa shape index (κ1) is 12.1. The maximum absolute atomic E-state index is 10.5. The van der Waals surface area contributed by atoms with Crippen LogP contribution < -0.4 is 0 Å². The van der Waals surface area contributed by atoms with E-state index in [4.69, 9.17) is 5.11 Å². The zero-order valence-electron chi connectivity index (χ0n) is 10.2. The summed E-state index contributed by atoms with van der Waals surface area (Å²) in [6, 6.07) is 11.0. The Morgan fingerprint density at radius 2 is 2.12 bits per heavy atom. The van der Waals surface area contributed by atoms with Gasteiger partial charge in [-0.05, 0) is 24.4 Å². The molecule has 1 saturated heterocycles. The Morgan fingerprint density at radius 1 is 1.41 bits per heavy atom. The standard InChI is InChI=1S/C14H19NO2/c1-11-10-15(9-5-8-13(16)17)14(11)12-6-3-2-4-7-12/h2-4,6-7,11,14H,5,8-10H2,1H3,(H,16,17)/t11-,14+/m0/s1. The van der Waals surface area contributed by atoms with Crippen LogP contribution in [0.3, 0.4) is 0 Å². The molecule has 1 aliphatic rings. The van der Waals surface area contributed by atoms with Crippen molar-refractivity contribution in [3.8, 4) is 0 Å². The Morgan fingerprint density at radius 3 is 2.71 bits per heavy atom. The maximum Gasteiger partial charge on any atom is 0.303 e. The lowest BCUT2D eigenvalue weighted by Gasteiger charge is -2.47. The van der Waals surface area contributed by atoms with E-state index in [-0.39, 0.29) is 6.42 Å². The summed E-state index contributed by atoms with van der Waals surface area (Å²) in [7, 11) is 0. The molecule has 92 valence electrons. The van der Waals surface area contributed by atoms with E-state index in [1.807, 2.05) is 6.07 Å². The lowest BCUT2D eigenvalue weighted by Crippen LogP contribution is -2.48. The SMILES string of the molecule is C[C@H]1CN(CCCC(=O)O)[C@H]1c1ccccc1. The Kier molecular flexibility index (Phi) is 3.79. The molecular weight excluding hydrogens is 214 g/mol. The Balaban J connectivity index is 1.90. The Bertz CT molecular complexity index is 377. The number of carbonyl (C=O) groups is 1. The molecule has 0 aromatic heterocycles. The number of benzene rings is 1. The van der Waals surface area contributed by atoms with Gasteiger partial charge in [-0.15, -0.1) is 0 Å². The highest BCUT2D eigenvalue weighted by Gasteiger charge is 2.35. The normalized spacial score (nSPS) is 24.3. The number of hydrogen-bond acceptors (Lipinski definition) is 2. The van der Waals surface area contributed by atoms with E-state index in [2.05, 4.69) is 36.1 Å². The van der Waals surface area contributed by atoms with Crippen LogP contribution in [0.5, 0.6) is 0 Å². The first-order valence-electron chi connectivity index (χ1n) is 6.19.